The number of aliphatic hydroxyl groups is 1. The number of carbonyl (C=O) groups excluding carboxylic acids is 1. The number of benzene rings is 1. The van der Waals surface area contributed by atoms with E-state index in [9.17, 15) is 19.5 Å². The Morgan fingerprint density at radius 3 is 2.67 bits per heavy atom. The van der Waals surface area contributed by atoms with Gasteiger partial charge < -0.3 is 28.1 Å². The van der Waals surface area contributed by atoms with Gasteiger partial charge in [-0.1, -0.05) is 11.6 Å². The van der Waals surface area contributed by atoms with Crippen molar-refractivity contribution in [1.29, 1.82) is 0 Å². The molecule has 0 bridgehead atoms. The maximum absolute atomic E-state index is 15.1. The molecule has 1 aliphatic heterocycles. The molecular weight excluding hydrogens is 459 g/mol. The number of ether oxygens (including phenoxy) is 1. The van der Waals surface area contributed by atoms with Gasteiger partial charge in [0.15, 0.2) is 18.1 Å². The number of rotatable bonds is 5. The molecule has 2 fully saturated rings. The first-order valence-electron chi connectivity index (χ1n) is 10.5. The molecule has 1 saturated heterocycles. The van der Waals surface area contributed by atoms with E-state index in [4.69, 9.17) is 25.2 Å². The summed E-state index contributed by atoms with van der Waals surface area (Å²) in [4.78, 5) is 38.7. The van der Waals surface area contributed by atoms with Crippen LogP contribution in [0.1, 0.15) is 47.2 Å². The molecule has 9 nitrogen and oxygen atoms in total. The molecule has 1 aromatic carbocycles. The van der Waals surface area contributed by atoms with E-state index in [-0.39, 0.29) is 45.8 Å². The summed E-state index contributed by atoms with van der Waals surface area (Å²) in [6.07, 6.45) is 2.93. The van der Waals surface area contributed by atoms with E-state index in [1.807, 2.05) is 0 Å². The molecule has 3 heterocycles. The Morgan fingerprint density at radius 2 is 2.06 bits per heavy atom. The standard InChI is InChI=1S/C22H20ClFN2O7/c1-10-16(33-22(30)32-10)9-31-21(29)14-8-26(11-2-3-11)18-13(20(14)28)6-15(24)19(17(18)23)25-5-4-12(27)7-25/h6,8,11-12,27H,2-5,7,9H2,1H3. The number of hydrogen-bond acceptors (Lipinski definition) is 8. The number of nitrogens with zero attached hydrogens (tertiary/aromatic N) is 2. The Kier molecular flexibility index (Phi) is 5.29. The predicted octanol–water partition coefficient (Wildman–Crippen LogP) is 2.91. The Morgan fingerprint density at radius 1 is 1.30 bits per heavy atom. The molecule has 1 N–H and O–H groups in total. The van der Waals surface area contributed by atoms with Crippen molar-refractivity contribution in [2.75, 3.05) is 18.0 Å². The third-order valence-electron chi connectivity index (χ3n) is 5.99. The number of β-amino-alcohol motifs (C(OH)–C–C–N with tert-alkyl or cyclic N) is 1. The summed E-state index contributed by atoms with van der Waals surface area (Å²) in [5, 5.41) is 9.89. The largest absolute Gasteiger partial charge is 0.519 e. The second-order valence-electron chi connectivity index (χ2n) is 8.33. The van der Waals surface area contributed by atoms with Crippen LogP contribution in [0.25, 0.3) is 10.9 Å². The molecule has 1 aliphatic carbocycles. The lowest BCUT2D eigenvalue weighted by Gasteiger charge is -2.23. The lowest BCUT2D eigenvalue weighted by Crippen LogP contribution is -2.25. The lowest BCUT2D eigenvalue weighted by molar-refractivity contribution is 0.0440. The molecule has 5 rings (SSSR count). The summed E-state index contributed by atoms with van der Waals surface area (Å²) < 4.78 is 31.5. The monoisotopic (exact) mass is 478 g/mol. The SMILES string of the molecule is Cc1oc(=O)oc1COC(=O)c1cn(C2CC2)c2c(Cl)c(N3CCC(O)C3)c(F)cc2c1=O. The van der Waals surface area contributed by atoms with Crippen LogP contribution < -0.4 is 16.2 Å². The highest BCUT2D eigenvalue weighted by Crippen LogP contribution is 2.42. The number of anilines is 1. The summed E-state index contributed by atoms with van der Waals surface area (Å²) in [7, 11) is 0. The topological polar surface area (TPSA) is 115 Å². The third kappa shape index (κ3) is 3.83. The lowest BCUT2D eigenvalue weighted by atomic mass is 10.1. The Bertz CT molecular complexity index is 1390. The molecule has 0 spiro atoms. The maximum atomic E-state index is 15.1. The first kappa shape index (κ1) is 21.7. The van der Waals surface area contributed by atoms with Gasteiger partial charge in [0.05, 0.1) is 27.7 Å². The summed E-state index contributed by atoms with van der Waals surface area (Å²) in [5.41, 5.74) is -0.519. The van der Waals surface area contributed by atoms with Crippen LogP contribution in [0.15, 0.2) is 30.7 Å². The third-order valence-corrected chi connectivity index (χ3v) is 6.35. The van der Waals surface area contributed by atoms with Crippen LogP contribution >= 0.6 is 11.6 Å². The first-order chi connectivity index (χ1) is 15.7. The average molecular weight is 479 g/mol. The van der Waals surface area contributed by atoms with Crippen molar-refractivity contribution in [2.24, 2.45) is 0 Å². The number of pyridine rings is 1. The van der Waals surface area contributed by atoms with Gasteiger partial charge in [0, 0.05) is 25.3 Å². The summed E-state index contributed by atoms with van der Waals surface area (Å²) in [6.45, 7) is 1.75. The van der Waals surface area contributed by atoms with Crippen molar-refractivity contribution in [3.8, 4) is 0 Å². The molecule has 2 aromatic heterocycles. The minimum Gasteiger partial charge on any atom is -0.454 e. The molecule has 33 heavy (non-hydrogen) atoms. The van der Waals surface area contributed by atoms with Crippen molar-refractivity contribution in [1.82, 2.24) is 4.57 Å². The second kappa shape index (κ2) is 8.03. The smallest absolute Gasteiger partial charge is 0.454 e. The zero-order valence-electron chi connectivity index (χ0n) is 17.6. The Hall–Kier alpha value is -3.11. The molecule has 3 aromatic rings. The normalized spacial score (nSPS) is 18.3. The van der Waals surface area contributed by atoms with Gasteiger partial charge in [-0.25, -0.2) is 14.0 Å². The molecule has 174 valence electrons. The first-order valence-corrected chi connectivity index (χ1v) is 10.9. The van der Waals surface area contributed by atoms with E-state index < -0.39 is 35.7 Å². The zero-order valence-corrected chi connectivity index (χ0v) is 18.4. The second-order valence-corrected chi connectivity index (χ2v) is 8.70. The van der Waals surface area contributed by atoms with Crippen molar-refractivity contribution in [3.05, 3.63) is 61.0 Å². The molecule has 2 aliphatic rings. The van der Waals surface area contributed by atoms with E-state index in [1.165, 1.54) is 13.1 Å². The minimum atomic E-state index is -0.942. The van der Waals surface area contributed by atoms with Crippen molar-refractivity contribution in [3.63, 3.8) is 0 Å². The van der Waals surface area contributed by atoms with Crippen LogP contribution in [0.2, 0.25) is 5.02 Å². The Balaban J connectivity index is 1.58. The number of hydrogen-bond donors (Lipinski definition) is 1. The number of halogens is 2. The highest BCUT2D eigenvalue weighted by molar-refractivity contribution is 6.38. The number of fused-ring (bicyclic) bond motifs is 1. The molecule has 1 saturated carbocycles. The van der Waals surface area contributed by atoms with Gasteiger partial charge in [0.1, 0.15) is 11.4 Å². The van der Waals surface area contributed by atoms with Gasteiger partial charge in [-0.3, -0.25) is 4.79 Å². The van der Waals surface area contributed by atoms with Crippen molar-refractivity contribution in [2.45, 2.75) is 44.9 Å². The number of aromatic nitrogens is 1. The van der Waals surface area contributed by atoms with Crippen LogP contribution in [0.5, 0.6) is 0 Å². The van der Waals surface area contributed by atoms with Gasteiger partial charge in [0.25, 0.3) is 0 Å². The van der Waals surface area contributed by atoms with Gasteiger partial charge in [-0.15, -0.1) is 0 Å². The van der Waals surface area contributed by atoms with Gasteiger partial charge in [0.2, 0.25) is 5.43 Å². The highest BCUT2D eigenvalue weighted by atomic mass is 35.5. The molecule has 0 amide bonds. The van der Waals surface area contributed by atoms with E-state index in [2.05, 4.69) is 0 Å². The number of esters is 1. The highest BCUT2D eigenvalue weighted by Gasteiger charge is 2.32. The fourth-order valence-corrected chi connectivity index (χ4v) is 4.58. The molecule has 11 heteroatoms. The average Bonchev–Trinajstić information content (AvgIpc) is 3.44. The summed E-state index contributed by atoms with van der Waals surface area (Å²) in [6, 6.07) is 1.09. The van der Waals surface area contributed by atoms with Gasteiger partial charge >= 0.3 is 11.8 Å². The summed E-state index contributed by atoms with van der Waals surface area (Å²) in [5.74, 6) is -2.38. The van der Waals surface area contributed by atoms with Gasteiger partial charge in [-0.05, 0) is 32.3 Å². The predicted molar refractivity (Wildman–Crippen MR) is 115 cm³/mol. The van der Waals surface area contributed by atoms with E-state index in [0.717, 1.165) is 18.9 Å². The Labute approximate surface area is 190 Å². The molecule has 1 atom stereocenters. The van der Waals surface area contributed by atoms with Crippen LogP contribution in [-0.4, -0.2) is 34.8 Å². The van der Waals surface area contributed by atoms with Crippen molar-refractivity contribution < 1.29 is 27.9 Å². The van der Waals surface area contributed by atoms with Crippen molar-refractivity contribution >= 4 is 34.2 Å². The fourth-order valence-electron chi connectivity index (χ4n) is 4.17. The van der Waals surface area contributed by atoms with Crippen LogP contribution in [0.4, 0.5) is 10.1 Å². The zero-order chi connectivity index (χ0) is 23.4. The van der Waals surface area contributed by atoms with Crippen LogP contribution in [0, 0.1) is 12.7 Å². The summed E-state index contributed by atoms with van der Waals surface area (Å²) >= 11 is 6.62. The number of aryl methyl sites for hydroxylation is 1. The van der Waals surface area contributed by atoms with E-state index >= 15 is 4.39 Å². The van der Waals surface area contributed by atoms with Gasteiger partial charge in [-0.2, -0.15) is 0 Å². The number of carbonyl (C=O) groups is 1. The number of aliphatic hydroxyl groups excluding tert-OH is 1. The molecule has 1 unspecified atom stereocenters. The minimum absolute atomic E-state index is 0.00812. The molecule has 0 radical (unpaired) electrons. The van der Waals surface area contributed by atoms with E-state index in [0.29, 0.717) is 18.5 Å². The quantitative estimate of drug-likeness (QED) is 0.557. The maximum Gasteiger partial charge on any atom is 0.519 e. The van der Waals surface area contributed by atoms with Crippen LogP contribution in [0.3, 0.4) is 0 Å². The molecular formula is C22H20ClFN2O7. The fraction of sp³-hybridized carbons (Fsp3) is 0.409. The van der Waals surface area contributed by atoms with Crippen LogP contribution in [-0.2, 0) is 11.3 Å². The van der Waals surface area contributed by atoms with E-state index in [1.54, 1.807) is 9.47 Å².